The average Bonchev–Trinajstić information content (AvgIpc) is 2.64. The summed E-state index contributed by atoms with van der Waals surface area (Å²) in [4.78, 5) is -1.98. The number of halogens is 5. The van der Waals surface area contributed by atoms with E-state index >= 15 is 0 Å². The van der Waals surface area contributed by atoms with Crippen LogP contribution in [-0.2, 0) is 32.7 Å². The molecule has 152 valence electrons. The van der Waals surface area contributed by atoms with E-state index in [1.807, 2.05) is 4.72 Å². The second-order valence-corrected chi connectivity index (χ2v) is 7.29. The van der Waals surface area contributed by atoms with Gasteiger partial charge in [0.25, 0.3) is 10.0 Å². The number of ether oxygens (including phenoxy) is 3. The fraction of sp³-hybridized carbons (Fsp3) is 0.250. The molecule has 1 aliphatic rings. The lowest BCUT2D eigenvalue weighted by Crippen LogP contribution is -2.20. The van der Waals surface area contributed by atoms with Gasteiger partial charge in [-0.25, -0.2) is 30.4 Å². The van der Waals surface area contributed by atoms with E-state index in [0.717, 1.165) is 0 Å². The molecule has 2 aromatic carbocycles. The molecule has 0 spiro atoms. The predicted octanol–water partition coefficient (Wildman–Crippen LogP) is 3.20. The second kappa shape index (κ2) is 7.53. The first kappa shape index (κ1) is 20.3. The van der Waals surface area contributed by atoms with Gasteiger partial charge in [-0.2, -0.15) is 0 Å². The van der Waals surface area contributed by atoms with Crippen LogP contribution in [0.2, 0.25) is 0 Å². The van der Waals surface area contributed by atoms with E-state index in [1.54, 1.807) is 0 Å². The summed E-state index contributed by atoms with van der Waals surface area (Å²) in [7, 11) is -3.79. The zero-order chi connectivity index (χ0) is 20.6. The van der Waals surface area contributed by atoms with Crippen molar-refractivity contribution < 1.29 is 44.6 Å². The van der Waals surface area contributed by atoms with Gasteiger partial charge in [-0.15, -0.1) is 0 Å². The van der Waals surface area contributed by atoms with E-state index in [2.05, 4.69) is 0 Å². The third-order valence-electron chi connectivity index (χ3n) is 3.78. The van der Waals surface area contributed by atoms with E-state index in [-0.39, 0.29) is 25.7 Å². The van der Waals surface area contributed by atoms with Crippen LogP contribution in [0, 0.1) is 29.1 Å². The largest absolute Gasteiger partial charge is 0.467 e. The number of rotatable bonds is 5. The Labute approximate surface area is 155 Å². The van der Waals surface area contributed by atoms with Crippen LogP contribution in [0.4, 0.5) is 27.6 Å². The Morgan fingerprint density at radius 2 is 1.64 bits per heavy atom. The molecule has 12 heteroatoms. The number of hydrogen-bond donors (Lipinski definition) is 1. The minimum absolute atomic E-state index is 0.000424. The van der Waals surface area contributed by atoms with E-state index in [1.165, 1.54) is 19.2 Å². The van der Waals surface area contributed by atoms with Crippen molar-refractivity contribution in [3.63, 3.8) is 0 Å². The summed E-state index contributed by atoms with van der Waals surface area (Å²) in [5.41, 5.74) is 0.582. The predicted molar refractivity (Wildman–Crippen MR) is 84.5 cm³/mol. The molecular formula is C16H12F5NO5S. The SMILES string of the molecule is COCc1cc(NS(=O)(=O)c2c(F)c(F)c(F)c(F)c2F)cc2c1OCOC2. The third kappa shape index (κ3) is 3.50. The molecule has 0 aromatic heterocycles. The van der Waals surface area contributed by atoms with Crippen molar-refractivity contribution in [2.75, 3.05) is 18.6 Å². The van der Waals surface area contributed by atoms with Gasteiger partial charge in [-0.05, 0) is 12.1 Å². The molecule has 0 bridgehead atoms. The number of fused-ring (bicyclic) bond motifs is 1. The lowest BCUT2D eigenvalue weighted by atomic mass is 10.1. The highest BCUT2D eigenvalue weighted by Crippen LogP contribution is 2.34. The van der Waals surface area contributed by atoms with Crippen LogP contribution in [-0.4, -0.2) is 22.3 Å². The normalized spacial score (nSPS) is 13.8. The maximum Gasteiger partial charge on any atom is 0.267 e. The number of sulfonamides is 1. The highest BCUT2D eigenvalue weighted by atomic mass is 32.2. The van der Waals surface area contributed by atoms with Gasteiger partial charge in [0.2, 0.25) is 5.82 Å². The van der Waals surface area contributed by atoms with Crippen LogP contribution >= 0.6 is 0 Å². The summed E-state index contributed by atoms with van der Waals surface area (Å²) in [5, 5.41) is 0. The minimum Gasteiger partial charge on any atom is -0.467 e. The van der Waals surface area contributed by atoms with Crippen LogP contribution in [0.15, 0.2) is 17.0 Å². The van der Waals surface area contributed by atoms with Gasteiger partial charge in [-0.1, -0.05) is 0 Å². The summed E-state index contributed by atoms with van der Waals surface area (Å²) in [6.45, 7) is 0.00388. The minimum atomic E-state index is -5.16. The molecule has 28 heavy (non-hydrogen) atoms. The Bertz CT molecular complexity index is 1020. The maximum atomic E-state index is 13.9. The Balaban J connectivity index is 2.08. The van der Waals surface area contributed by atoms with Crippen molar-refractivity contribution in [3.8, 4) is 5.75 Å². The lowest BCUT2D eigenvalue weighted by molar-refractivity contribution is -0.0179. The first-order valence-electron chi connectivity index (χ1n) is 7.57. The monoisotopic (exact) mass is 425 g/mol. The molecule has 1 heterocycles. The smallest absolute Gasteiger partial charge is 0.267 e. The van der Waals surface area contributed by atoms with E-state index in [9.17, 15) is 30.4 Å². The summed E-state index contributed by atoms with van der Waals surface area (Å²) in [6.07, 6.45) is 0. The molecule has 0 saturated carbocycles. The van der Waals surface area contributed by atoms with Gasteiger partial charge < -0.3 is 14.2 Å². The van der Waals surface area contributed by atoms with Gasteiger partial charge in [0.1, 0.15) is 5.75 Å². The number of hydrogen-bond acceptors (Lipinski definition) is 5. The van der Waals surface area contributed by atoms with Crippen molar-refractivity contribution in [3.05, 3.63) is 52.3 Å². The van der Waals surface area contributed by atoms with Crippen molar-refractivity contribution >= 4 is 15.7 Å². The molecule has 0 saturated heterocycles. The summed E-state index contributed by atoms with van der Waals surface area (Å²) in [6, 6.07) is 2.49. The van der Waals surface area contributed by atoms with Crippen LogP contribution in [0.1, 0.15) is 11.1 Å². The van der Waals surface area contributed by atoms with Crippen LogP contribution in [0.5, 0.6) is 5.75 Å². The highest BCUT2D eigenvalue weighted by Gasteiger charge is 2.34. The second-order valence-electron chi connectivity index (χ2n) is 5.67. The van der Waals surface area contributed by atoms with Gasteiger partial charge >= 0.3 is 0 Å². The Hall–Kier alpha value is -2.44. The van der Waals surface area contributed by atoms with Crippen molar-refractivity contribution in [2.24, 2.45) is 0 Å². The topological polar surface area (TPSA) is 73.9 Å². The van der Waals surface area contributed by atoms with Crippen LogP contribution in [0.3, 0.4) is 0 Å². The first-order chi connectivity index (χ1) is 13.2. The van der Waals surface area contributed by atoms with Crippen LogP contribution in [0.25, 0.3) is 0 Å². The van der Waals surface area contributed by atoms with E-state index in [4.69, 9.17) is 14.2 Å². The van der Waals surface area contributed by atoms with E-state index in [0.29, 0.717) is 16.9 Å². The van der Waals surface area contributed by atoms with Crippen molar-refractivity contribution in [2.45, 2.75) is 18.1 Å². The van der Waals surface area contributed by atoms with Crippen molar-refractivity contribution in [1.29, 1.82) is 0 Å². The fourth-order valence-corrected chi connectivity index (χ4v) is 3.83. The molecule has 0 atom stereocenters. The number of benzene rings is 2. The molecule has 6 nitrogen and oxygen atoms in total. The van der Waals surface area contributed by atoms with Gasteiger partial charge in [-0.3, -0.25) is 4.72 Å². The molecule has 0 radical (unpaired) electrons. The number of nitrogens with one attached hydrogen (secondary N) is 1. The molecule has 0 aliphatic carbocycles. The van der Waals surface area contributed by atoms with Crippen LogP contribution < -0.4 is 9.46 Å². The Morgan fingerprint density at radius 1 is 1.04 bits per heavy atom. The molecule has 2 aromatic rings. The number of anilines is 1. The lowest BCUT2D eigenvalue weighted by Gasteiger charge is -2.22. The number of methoxy groups -OCH3 is 1. The standard InChI is InChI=1S/C16H12F5NO5S/c1-25-4-7-2-9(3-8-5-26-6-27-15(7)8)22-28(23,24)16-13(20)11(18)10(17)12(19)14(16)21/h2-3,22H,4-6H2,1H3. The molecular weight excluding hydrogens is 413 g/mol. The van der Waals surface area contributed by atoms with Gasteiger partial charge in [0, 0.05) is 23.9 Å². The maximum absolute atomic E-state index is 13.9. The molecule has 0 unspecified atom stereocenters. The molecule has 1 N–H and O–H groups in total. The Kier molecular flexibility index (Phi) is 5.46. The third-order valence-corrected chi connectivity index (χ3v) is 5.18. The first-order valence-corrected chi connectivity index (χ1v) is 9.05. The fourth-order valence-electron chi connectivity index (χ4n) is 2.65. The zero-order valence-corrected chi connectivity index (χ0v) is 14.9. The summed E-state index contributed by atoms with van der Waals surface area (Å²) < 4.78 is 110. The highest BCUT2D eigenvalue weighted by molar-refractivity contribution is 7.92. The van der Waals surface area contributed by atoms with E-state index < -0.39 is 44.0 Å². The average molecular weight is 425 g/mol. The molecule has 0 amide bonds. The summed E-state index contributed by atoms with van der Waals surface area (Å²) in [5.74, 6) is -11.7. The zero-order valence-electron chi connectivity index (χ0n) is 14.1. The van der Waals surface area contributed by atoms with Gasteiger partial charge in [0.05, 0.1) is 13.2 Å². The van der Waals surface area contributed by atoms with Gasteiger partial charge in [0.15, 0.2) is 35.0 Å². The molecule has 3 rings (SSSR count). The van der Waals surface area contributed by atoms with Crippen molar-refractivity contribution in [1.82, 2.24) is 0 Å². The molecule has 0 fully saturated rings. The quantitative estimate of drug-likeness (QED) is 0.453. The summed E-state index contributed by atoms with van der Waals surface area (Å²) >= 11 is 0. The molecule has 1 aliphatic heterocycles. The Morgan fingerprint density at radius 3 is 2.25 bits per heavy atom.